The van der Waals surface area contributed by atoms with Crippen LogP contribution in [0.3, 0.4) is 0 Å². The molecular weight excluding hydrogens is 384 g/mol. The van der Waals surface area contributed by atoms with Gasteiger partial charge in [0, 0.05) is 6.61 Å². The van der Waals surface area contributed by atoms with Crippen LogP contribution in [0.4, 0.5) is 0 Å². The van der Waals surface area contributed by atoms with Crippen LogP contribution in [0.1, 0.15) is 46.1 Å². The molecule has 1 N–H and O–H groups in total. The molecule has 0 bridgehead atoms. The topological polar surface area (TPSA) is 91.3 Å². The first kappa shape index (κ1) is 21.7. The van der Waals surface area contributed by atoms with Crippen molar-refractivity contribution in [3.05, 3.63) is 29.8 Å². The van der Waals surface area contributed by atoms with E-state index in [0.717, 1.165) is 18.4 Å². The second-order valence-electron chi connectivity index (χ2n) is 8.09. The highest BCUT2D eigenvalue weighted by Crippen LogP contribution is 2.44. The summed E-state index contributed by atoms with van der Waals surface area (Å²) >= 11 is 0. The summed E-state index contributed by atoms with van der Waals surface area (Å²) in [5.74, 6) is -0.867. The maximum absolute atomic E-state index is 13.2. The van der Waals surface area contributed by atoms with E-state index in [0.29, 0.717) is 6.61 Å². The number of aliphatic hydroxyl groups is 1. The highest BCUT2D eigenvalue weighted by Gasteiger charge is 2.63. The summed E-state index contributed by atoms with van der Waals surface area (Å²) in [6.07, 6.45) is -1.61. The largest absolute Gasteiger partial charge is 0.372 e. The number of sulfone groups is 1. The summed E-state index contributed by atoms with van der Waals surface area (Å²) in [7, 11) is -4.12. The minimum atomic E-state index is -4.12. The summed E-state index contributed by atoms with van der Waals surface area (Å²) in [6, 6.07) is 6.35. The zero-order valence-electron chi connectivity index (χ0n) is 17.0. The third kappa shape index (κ3) is 3.86. The van der Waals surface area contributed by atoms with Gasteiger partial charge in [-0.2, -0.15) is 0 Å². The zero-order chi connectivity index (χ0) is 20.7. The van der Waals surface area contributed by atoms with Crippen molar-refractivity contribution in [2.45, 2.75) is 87.7 Å². The SMILES string of the molecule is CCCCO[C@@H]1[C@H]2OC(C)(C)O[C@H]2O[C@@H]1[C@@](C)(O)S(=O)(=O)c1ccc(C)cc1. The van der Waals surface area contributed by atoms with Crippen molar-refractivity contribution in [2.75, 3.05) is 6.61 Å². The van der Waals surface area contributed by atoms with Crippen molar-refractivity contribution in [2.24, 2.45) is 0 Å². The molecule has 0 radical (unpaired) electrons. The molecule has 0 unspecified atom stereocenters. The summed E-state index contributed by atoms with van der Waals surface area (Å²) in [6.45, 7) is 9.07. The van der Waals surface area contributed by atoms with Crippen LogP contribution in [0.25, 0.3) is 0 Å². The van der Waals surface area contributed by atoms with E-state index >= 15 is 0 Å². The fraction of sp³-hybridized carbons (Fsp3) is 0.700. The van der Waals surface area contributed by atoms with Gasteiger partial charge in [0.25, 0.3) is 0 Å². The first-order valence-electron chi connectivity index (χ1n) is 9.66. The molecule has 2 aliphatic rings. The number of unbranched alkanes of at least 4 members (excludes halogenated alkanes) is 1. The Kier molecular flexibility index (Phi) is 5.93. The number of hydrogen-bond acceptors (Lipinski definition) is 7. The van der Waals surface area contributed by atoms with Gasteiger partial charge in [0.15, 0.2) is 17.0 Å². The number of rotatable bonds is 7. The lowest BCUT2D eigenvalue weighted by Gasteiger charge is -2.34. The fourth-order valence-electron chi connectivity index (χ4n) is 3.57. The molecule has 0 aliphatic carbocycles. The average molecular weight is 415 g/mol. The Labute approximate surface area is 166 Å². The Balaban J connectivity index is 1.91. The minimum Gasteiger partial charge on any atom is -0.372 e. The lowest BCUT2D eigenvalue weighted by atomic mass is 10.1. The first-order valence-corrected chi connectivity index (χ1v) is 11.1. The van der Waals surface area contributed by atoms with Crippen molar-refractivity contribution < 1.29 is 32.5 Å². The molecular formula is C20H30O7S. The Morgan fingerprint density at radius 1 is 1.21 bits per heavy atom. The van der Waals surface area contributed by atoms with Gasteiger partial charge in [0.05, 0.1) is 4.90 Å². The van der Waals surface area contributed by atoms with Crippen molar-refractivity contribution in [1.29, 1.82) is 0 Å². The number of fused-ring (bicyclic) bond motifs is 1. The summed E-state index contributed by atoms with van der Waals surface area (Å²) in [5, 5.41) is 11.2. The first-order chi connectivity index (χ1) is 13.0. The summed E-state index contributed by atoms with van der Waals surface area (Å²) < 4.78 is 49.9. The van der Waals surface area contributed by atoms with E-state index in [-0.39, 0.29) is 4.90 Å². The highest BCUT2D eigenvalue weighted by atomic mass is 32.2. The molecule has 3 rings (SSSR count). The second-order valence-corrected chi connectivity index (χ2v) is 10.4. The molecule has 2 heterocycles. The zero-order valence-corrected chi connectivity index (χ0v) is 17.9. The Morgan fingerprint density at radius 2 is 1.86 bits per heavy atom. The van der Waals surface area contributed by atoms with Crippen molar-refractivity contribution in [1.82, 2.24) is 0 Å². The average Bonchev–Trinajstić information content (AvgIpc) is 3.08. The van der Waals surface area contributed by atoms with Crippen LogP contribution in [-0.2, 0) is 28.8 Å². The molecule has 2 aliphatic heterocycles. The molecule has 7 nitrogen and oxygen atoms in total. The lowest BCUT2D eigenvalue weighted by molar-refractivity contribution is -0.232. The van der Waals surface area contributed by atoms with Crippen LogP contribution in [-0.4, -0.2) is 55.5 Å². The van der Waals surface area contributed by atoms with E-state index in [1.54, 1.807) is 26.0 Å². The molecule has 0 spiro atoms. The van der Waals surface area contributed by atoms with E-state index in [2.05, 4.69) is 0 Å². The number of aryl methyl sites for hydroxylation is 1. The van der Waals surface area contributed by atoms with E-state index in [9.17, 15) is 13.5 Å². The van der Waals surface area contributed by atoms with Gasteiger partial charge in [0.1, 0.15) is 18.3 Å². The van der Waals surface area contributed by atoms with E-state index in [1.165, 1.54) is 19.1 Å². The van der Waals surface area contributed by atoms with Crippen molar-refractivity contribution >= 4 is 9.84 Å². The second kappa shape index (κ2) is 7.66. The molecule has 0 saturated carbocycles. The normalized spacial score (nSPS) is 31.5. The van der Waals surface area contributed by atoms with Gasteiger partial charge in [-0.05, 0) is 46.2 Å². The fourth-order valence-corrected chi connectivity index (χ4v) is 5.03. The smallest absolute Gasteiger partial charge is 0.210 e. The molecule has 5 atom stereocenters. The van der Waals surface area contributed by atoms with E-state index < -0.39 is 45.2 Å². The van der Waals surface area contributed by atoms with Gasteiger partial charge in [-0.25, -0.2) is 8.42 Å². The van der Waals surface area contributed by atoms with Gasteiger partial charge in [-0.15, -0.1) is 0 Å². The molecule has 2 saturated heterocycles. The lowest BCUT2D eigenvalue weighted by Crippen LogP contribution is -2.54. The molecule has 0 amide bonds. The standard InChI is InChI=1S/C20H30O7S/c1-6-7-12-24-15-16-18(27-19(3,4)26-16)25-17(15)20(5,21)28(22,23)14-10-8-13(2)9-11-14/h8-11,15-18,21H,6-7,12H2,1-5H3/t15-,16-,17+,18-,20+/m1/s1. The van der Waals surface area contributed by atoms with Crippen LogP contribution in [0.2, 0.25) is 0 Å². The molecule has 1 aromatic rings. The van der Waals surface area contributed by atoms with Crippen LogP contribution in [0.15, 0.2) is 29.2 Å². The molecule has 8 heteroatoms. The number of benzene rings is 1. The highest BCUT2D eigenvalue weighted by molar-refractivity contribution is 7.92. The Bertz CT molecular complexity index is 785. The molecule has 0 aromatic heterocycles. The van der Waals surface area contributed by atoms with Crippen LogP contribution in [0.5, 0.6) is 0 Å². The third-order valence-electron chi connectivity index (χ3n) is 5.20. The third-order valence-corrected chi connectivity index (χ3v) is 7.42. The van der Waals surface area contributed by atoms with E-state index in [4.69, 9.17) is 18.9 Å². The molecule has 2 fully saturated rings. The number of ether oxygens (including phenoxy) is 4. The Hall–Kier alpha value is -1.03. The number of hydrogen-bond donors (Lipinski definition) is 1. The van der Waals surface area contributed by atoms with Gasteiger partial charge in [-0.3, -0.25) is 0 Å². The van der Waals surface area contributed by atoms with Crippen LogP contribution < -0.4 is 0 Å². The summed E-state index contributed by atoms with van der Waals surface area (Å²) in [4.78, 5) is -2.20. The minimum absolute atomic E-state index is 0.0261. The molecule has 158 valence electrons. The van der Waals surface area contributed by atoms with Crippen molar-refractivity contribution in [3.8, 4) is 0 Å². The molecule has 1 aromatic carbocycles. The van der Waals surface area contributed by atoms with Gasteiger partial charge >= 0.3 is 0 Å². The van der Waals surface area contributed by atoms with Gasteiger partial charge in [0.2, 0.25) is 9.84 Å². The maximum Gasteiger partial charge on any atom is 0.210 e. The Morgan fingerprint density at radius 3 is 2.46 bits per heavy atom. The predicted octanol–water partition coefficient (Wildman–Crippen LogP) is 2.54. The predicted molar refractivity (Wildman–Crippen MR) is 102 cm³/mol. The van der Waals surface area contributed by atoms with Crippen molar-refractivity contribution in [3.63, 3.8) is 0 Å². The summed E-state index contributed by atoms with van der Waals surface area (Å²) in [5.41, 5.74) is 0.926. The van der Waals surface area contributed by atoms with Gasteiger partial charge in [-0.1, -0.05) is 31.0 Å². The van der Waals surface area contributed by atoms with Gasteiger partial charge < -0.3 is 24.1 Å². The van der Waals surface area contributed by atoms with Crippen LogP contribution >= 0.6 is 0 Å². The van der Waals surface area contributed by atoms with E-state index in [1.807, 2.05) is 13.8 Å². The quantitative estimate of drug-likeness (QED) is 0.686. The molecule has 28 heavy (non-hydrogen) atoms. The van der Waals surface area contributed by atoms with Crippen LogP contribution in [0, 0.1) is 6.92 Å². The monoisotopic (exact) mass is 414 g/mol. The maximum atomic E-state index is 13.2.